The average molecular weight is 345 g/mol. The highest BCUT2D eigenvalue weighted by Gasteiger charge is 2.41. The maximum atomic E-state index is 12.4. The Kier molecular flexibility index (Phi) is 4.06. The van der Waals surface area contributed by atoms with E-state index in [-0.39, 0.29) is 10.5 Å². The first-order valence-electron chi connectivity index (χ1n) is 7.27. The van der Waals surface area contributed by atoms with E-state index in [0.717, 1.165) is 0 Å². The fourth-order valence-electron chi connectivity index (χ4n) is 2.51. The number of hydrogen-bond acceptors (Lipinski definition) is 5. The molecule has 0 aliphatic carbocycles. The van der Waals surface area contributed by atoms with Crippen molar-refractivity contribution in [1.82, 2.24) is 14.6 Å². The maximum Gasteiger partial charge on any atom is 0.269 e. The molecule has 1 N–H and O–H groups in total. The molecule has 8 heteroatoms. The lowest BCUT2D eigenvalue weighted by Crippen LogP contribution is -2.41. The van der Waals surface area contributed by atoms with Crippen LogP contribution in [-0.2, 0) is 14.8 Å². The summed E-state index contributed by atoms with van der Waals surface area (Å²) >= 11 is 0. The van der Waals surface area contributed by atoms with Gasteiger partial charge in [-0.15, -0.1) is 0 Å². The predicted octanol–water partition coefficient (Wildman–Crippen LogP) is 1.10. The van der Waals surface area contributed by atoms with Gasteiger partial charge in [-0.05, 0) is 31.2 Å². The average Bonchev–Trinajstić information content (AvgIpc) is 2.77. The van der Waals surface area contributed by atoms with E-state index >= 15 is 0 Å². The van der Waals surface area contributed by atoms with Crippen molar-refractivity contribution in [2.75, 3.05) is 6.54 Å². The van der Waals surface area contributed by atoms with Gasteiger partial charge in [0.15, 0.2) is 0 Å². The summed E-state index contributed by atoms with van der Waals surface area (Å²) in [5, 5.41) is 2.65. The molecule has 0 saturated heterocycles. The Balaban J connectivity index is 1.75. The van der Waals surface area contributed by atoms with Gasteiger partial charge in [0.25, 0.3) is 15.9 Å². The van der Waals surface area contributed by atoms with Crippen molar-refractivity contribution in [3.63, 3.8) is 0 Å². The topological polar surface area (TPSA) is 96.4 Å². The number of aromatic nitrogens is 1. The smallest absolute Gasteiger partial charge is 0.269 e. The number of nitrogens with zero attached hydrogens (tertiary/aromatic N) is 2. The van der Waals surface area contributed by atoms with Crippen LogP contribution in [0.2, 0.25) is 0 Å². The second-order valence-electron chi connectivity index (χ2n) is 5.36. The summed E-state index contributed by atoms with van der Waals surface area (Å²) in [6, 6.07) is 10.8. The molecule has 0 spiro atoms. The van der Waals surface area contributed by atoms with Crippen molar-refractivity contribution >= 4 is 21.8 Å². The highest BCUT2D eigenvalue weighted by molar-refractivity contribution is 7.90. The van der Waals surface area contributed by atoms with Crippen molar-refractivity contribution in [3.05, 3.63) is 59.9 Å². The first-order valence-corrected chi connectivity index (χ1v) is 8.71. The van der Waals surface area contributed by atoms with E-state index in [9.17, 15) is 18.0 Å². The number of benzene rings is 1. The molecule has 3 rings (SSSR count). The van der Waals surface area contributed by atoms with Gasteiger partial charge in [-0.25, -0.2) is 12.7 Å². The van der Waals surface area contributed by atoms with Crippen molar-refractivity contribution < 1.29 is 18.0 Å². The second-order valence-corrected chi connectivity index (χ2v) is 7.19. The van der Waals surface area contributed by atoms with E-state index in [1.165, 1.54) is 18.2 Å². The SMILES string of the molecule is CC(NC(=O)CN1C(=O)c2ccccc2S1(=O)=O)c1ccccn1. The molecular formula is C16H15N3O4S. The number of amides is 2. The summed E-state index contributed by atoms with van der Waals surface area (Å²) < 4.78 is 25.4. The summed E-state index contributed by atoms with van der Waals surface area (Å²) in [6.07, 6.45) is 1.60. The molecular weight excluding hydrogens is 330 g/mol. The van der Waals surface area contributed by atoms with Crippen LogP contribution in [0.25, 0.3) is 0 Å². The molecule has 7 nitrogen and oxygen atoms in total. The van der Waals surface area contributed by atoms with E-state index in [0.29, 0.717) is 10.00 Å². The highest BCUT2D eigenvalue weighted by atomic mass is 32.2. The molecule has 1 unspecified atom stereocenters. The molecule has 2 heterocycles. The van der Waals surface area contributed by atoms with E-state index in [1.807, 2.05) is 0 Å². The van der Waals surface area contributed by atoms with Gasteiger partial charge < -0.3 is 5.32 Å². The third kappa shape index (κ3) is 2.76. The van der Waals surface area contributed by atoms with E-state index in [1.54, 1.807) is 37.4 Å². The Labute approximate surface area is 139 Å². The molecule has 0 saturated carbocycles. The summed E-state index contributed by atoms with van der Waals surface area (Å²) in [4.78, 5) is 28.5. The third-order valence-corrected chi connectivity index (χ3v) is 5.50. The monoisotopic (exact) mass is 345 g/mol. The lowest BCUT2D eigenvalue weighted by Gasteiger charge is -2.17. The molecule has 0 radical (unpaired) electrons. The second kappa shape index (κ2) is 6.04. The molecule has 24 heavy (non-hydrogen) atoms. The number of carbonyl (C=O) groups is 2. The fraction of sp³-hybridized carbons (Fsp3) is 0.188. The zero-order valence-electron chi connectivity index (χ0n) is 12.8. The molecule has 0 bridgehead atoms. The molecule has 2 aromatic rings. The summed E-state index contributed by atoms with van der Waals surface area (Å²) in [5.41, 5.74) is 0.729. The molecule has 1 aliphatic rings. The number of hydrogen-bond donors (Lipinski definition) is 1. The number of carbonyl (C=O) groups excluding carboxylic acids is 2. The Morgan fingerprint density at radius 3 is 2.58 bits per heavy atom. The third-order valence-electron chi connectivity index (χ3n) is 3.71. The zero-order valence-corrected chi connectivity index (χ0v) is 13.7. The van der Waals surface area contributed by atoms with Crippen LogP contribution < -0.4 is 5.32 Å². The van der Waals surface area contributed by atoms with Crippen LogP contribution in [0.5, 0.6) is 0 Å². The van der Waals surface area contributed by atoms with Gasteiger partial charge in [-0.1, -0.05) is 18.2 Å². The molecule has 124 valence electrons. The van der Waals surface area contributed by atoms with Gasteiger partial charge in [0.05, 0.1) is 17.3 Å². The van der Waals surface area contributed by atoms with Crippen LogP contribution in [0.4, 0.5) is 0 Å². The van der Waals surface area contributed by atoms with Crippen molar-refractivity contribution in [3.8, 4) is 0 Å². The largest absolute Gasteiger partial charge is 0.346 e. The van der Waals surface area contributed by atoms with Gasteiger partial charge in [0, 0.05) is 6.20 Å². The molecule has 1 aliphatic heterocycles. The number of rotatable bonds is 4. The van der Waals surface area contributed by atoms with Crippen LogP contribution in [0.1, 0.15) is 29.0 Å². The van der Waals surface area contributed by atoms with Gasteiger partial charge in [0.1, 0.15) is 11.4 Å². The Hall–Kier alpha value is -2.74. The van der Waals surface area contributed by atoms with Crippen LogP contribution in [0, 0.1) is 0 Å². The number of sulfonamides is 1. The minimum atomic E-state index is -3.98. The number of nitrogens with one attached hydrogen (secondary N) is 1. The molecule has 1 atom stereocenters. The van der Waals surface area contributed by atoms with Crippen LogP contribution in [-0.4, -0.2) is 36.1 Å². The number of fused-ring (bicyclic) bond motifs is 1. The minimum Gasteiger partial charge on any atom is -0.346 e. The van der Waals surface area contributed by atoms with E-state index < -0.39 is 34.4 Å². The van der Waals surface area contributed by atoms with Gasteiger partial charge in [0.2, 0.25) is 5.91 Å². The van der Waals surface area contributed by atoms with Crippen molar-refractivity contribution in [2.24, 2.45) is 0 Å². The van der Waals surface area contributed by atoms with Gasteiger partial charge in [-0.2, -0.15) is 0 Å². The summed E-state index contributed by atoms with van der Waals surface area (Å²) in [5.74, 6) is -1.26. The number of pyridine rings is 1. The Morgan fingerprint density at radius 1 is 1.21 bits per heavy atom. The standard InChI is InChI=1S/C16H15N3O4S/c1-11(13-7-4-5-9-17-13)18-15(20)10-19-16(21)12-6-2-3-8-14(12)24(19,22)23/h2-9,11H,10H2,1H3,(H,18,20). The predicted molar refractivity (Wildman–Crippen MR) is 85.5 cm³/mol. The lowest BCUT2D eigenvalue weighted by atomic mass is 10.2. The normalized spacial score (nSPS) is 16.5. The van der Waals surface area contributed by atoms with E-state index in [4.69, 9.17) is 0 Å². The molecule has 1 aromatic carbocycles. The van der Waals surface area contributed by atoms with Crippen LogP contribution >= 0.6 is 0 Å². The first kappa shape index (κ1) is 16.1. The lowest BCUT2D eigenvalue weighted by molar-refractivity contribution is -0.121. The molecule has 1 aromatic heterocycles. The van der Waals surface area contributed by atoms with Crippen molar-refractivity contribution in [1.29, 1.82) is 0 Å². The summed E-state index contributed by atoms with van der Waals surface area (Å²) in [6.45, 7) is 1.17. The first-order chi connectivity index (χ1) is 11.4. The summed E-state index contributed by atoms with van der Waals surface area (Å²) in [7, 11) is -3.98. The fourth-order valence-corrected chi connectivity index (χ4v) is 4.04. The maximum absolute atomic E-state index is 12.4. The Bertz CT molecular complexity index is 897. The van der Waals surface area contributed by atoms with Gasteiger partial charge >= 0.3 is 0 Å². The highest BCUT2D eigenvalue weighted by Crippen LogP contribution is 2.29. The zero-order chi connectivity index (χ0) is 17.3. The molecule has 2 amide bonds. The Morgan fingerprint density at radius 2 is 1.92 bits per heavy atom. The van der Waals surface area contributed by atoms with E-state index in [2.05, 4.69) is 10.3 Å². The van der Waals surface area contributed by atoms with Crippen molar-refractivity contribution in [2.45, 2.75) is 17.9 Å². The van der Waals surface area contributed by atoms with Crippen LogP contribution in [0.15, 0.2) is 53.6 Å². The van der Waals surface area contributed by atoms with Crippen LogP contribution in [0.3, 0.4) is 0 Å². The molecule has 0 fully saturated rings. The quantitative estimate of drug-likeness (QED) is 0.895. The van der Waals surface area contributed by atoms with Gasteiger partial charge in [-0.3, -0.25) is 14.6 Å². The minimum absolute atomic E-state index is 0.0689.